The van der Waals surface area contributed by atoms with Gasteiger partial charge in [0.1, 0.15) is 11.7 Å². The van der Waals surface area contributed by atoms with Crippen LogP contribution >= 0.6 is 0 Å². The number of hydrogen-bond acceptors (Lipinski definition) is 5. The summed E-state index contributed by atoms with van der Waals surface area (Å²) in [5, 5.41) is 4.39. The van der Waals surface area contributed by atoms with E-state index in [2.05, 4.69) is 28.5 Å². The van der Waals surface area contributed by atoms with Gasteiger partial charge in [-0.1, -0.05) is 13.0 Å². The molecule has 3 N–H and O–H groups in total. The van der Waals surface area contributed by atoms with Crippen molar-refractivity contribution in [1.29, 1.82) is 0 Å². The van der Waals surface area contributed by atoms with Gasteiger partial charge in [0.2, 0.25) is 0 Å². The van der Waals surface area contributed by atoms with E-state index in [-0.39, 0.29) is 6.04 Å². The molecule has 0 saturated carbocycles. The number of hydrazine groups is 1. The van der Waals surface area contributed by atoms with Gasteiger partial charge in [0, 0.05) is 12.7 Å². The molecule has 0 fully saturated rings. The lowest BCUT2D eigenvalue weighted by Crippen LogP contribution is -2.32. The Bertz CT molecular complexity index is 608. The van der Waals surface area contributed by atoms with Gasteiger partial charge in [-0.25, -0.2) is 5.43 Å². The molecule has 21 heavy (non-hydrogen) atoms. The van der Waals surface area contributed by atoms with Crippen molar-refractivity contribution >= 4 is 0 Å². The van der Waals surface area contributed by atoms with E-state index in [0.717, 1.165) is 35.5 Å². The predicted octanol–water partition coefficient (Wildman–Crippen LogP) is 1.87. The minimum atomic E-state index is -0.255. The lowest BCUT2D eigenvalue weighted by Gasteiger charge is -2.20. The molecule has 0 radical (unpaired) electrons. The van der Waals surface area contributed by atoms with Gasteiger partial charge < -0.3 is 4.74 Å². The standard InChI is InChI=1S/C15H23N5O/c1-5-6-20-15(12(21-4)9-18-20)14(19-16)13-11(3)7-10(2)8-17-13/h7-9,14,19H,5-6,16H2,1-4H3. The highest BCUT2D eigenvalue weighted by molar-refractivity contribution is 5.37. The smallest absolute Gasteiger partial charge is 0.162 e. The molecule has 0 spiro atoms. The van der Waals surface area contributed by atoms with Crippen LogP contribution < -0.4 is 16.0 Å². The quantitative estimate of drug-likeness (QED) is 0.627. The number of nitrogens with zero attached hydrogens (tertiary/aromatic N) is 3. The van der Waals surface area contributed by atoms with Crippen LogP contribution in [0.15, 0.2) is 18.5 Å². The summed E-state index contributed by atoms with van der Waals surface area (Å²) in [6.07, 6.45) is 4.55. The molecule has 0 aromatic carbocycles. The maximum absolute atomic E-state index is 5.80. The van der Waals surface area contributed by atoms with Crippen LogP contribution in [0.4, 0.5) is 0 Å². The number of hydrogen-bond donors (Lipinski definition) is 2. The third-order valence-electron chi connectivity index (χ3n) is 3.47. The van der Waals surface area contributed by atoms with Crippen molar-refractivity contribution in [2.45, 2.75) is 39.8 Å². The molecule has 1 atom stereocenters. The van der Waals surface area contributed by atoms with Crippen molar-refractivity contribution in [1.82, 2.24) is 20.2 Å². The van der Waals surface area contributed by atoms with E-state index in [1.165, 1.54) is 0 Å². The second kappa shape index (κ2) is 6.69. The number of nitrogens with two attached hydrogens (primary N) is 1. The maximum atomic E-state index is 5.80. The average Bonchev–Trinajstić information content (AvgIpc) is 2.85. The van der Waals surface area contributed by atoms with Gasteiger partial charge in [-0.2, -0.15) is 5.10 Å². The first-order valence-electron chi connectivity index (χ1n) is 7.11. The molecular weight excluding hydrogens is 266 g/mol. The number of nitrogens with one attached hydrogen (secondary N) is 1. The molecular formula is C15H23N5O. The number of methoxy groups -OCH3 is 1. The summed E-state index contributed by atoms with van der Waals surface area (Å²) in [4.78, 5) is 4.54. The normalized spacial score (nSPS) is 12.4. The number of aryl methyl sites for hydroxylation is 3. The predicted molar refractivity (Wildman–Crippen MR) is 81.9 cm³/mol. The van der Waals surface area contributed by atoms with Crippen molar-refractivity contribution in [3.8, 4) is 5.75 Å². The SMILES string of the molecule is CCCn1ncc(OC)c1C(NN)c1ncc(C)cc1C. The van der Waals surface area contributed by atoms with Crippen LogP contribution in [-0.4, -0.2) is 21.9 Å². The lowest BCUT2D eigenvalue weighted by atomic mass is 10.0. The Morgan fingerprint density at radius 2 is 2.14 bits per heavy atom. The minimum Gasteiger partial charge on any atom is -0.493 e. The molecule has 114 valence electrons. The first-order valence-corrected chi connectivity index (χ1v) is 7.11. The minimum absolute atomic E-state index is 0.255. The second-order valence-corrected chi connectivity index (χ2v) is 5.14. The molecule has 0 bridgehead atoms. The third-order valence-corrected chi connectivity index (χ3v) is 3.47. The Labute approximate surface area is 125 Å². The summed E-state index contributed by atoms with van der Waals surface area (Å²) in [5.41, 5.74) is 6.86. The Morgan fingerprint density at radius 3 is 2.71 bits per heavy atom. The third kappa shape index (κ3) is 3.06. The zero-order valence-electron chi connectivity index (χ0n) is 13.1. The van der Waals surface area contributed by atoms with Crippen molar-refractivity contribution in [3.05, 3.63) is 41.0 Å². The van der Waals surface area contributed by atoms with Crippen LogP contribution in [0, 0.1) is 13.8 Å². The van der Waals surface area contributed by atoms with E-state index in [1.807, 2.05) is 24.7 Å². The zero-order chi connectivity index (χ0) is 15.4. The number of aromatic nitrogens is 3. The molecule has 2 rings (SSSR count). The summed E-state index contributed by atoms with van der Waals surface area (Å²) in [6, 6.07) is 1.84. The van der Waals surface area contributed by atoms with Crippen molar-refractivity contribution in [2.75, 3.05) is 7.11 Å². The summed E-state index contributed by atoms with van der Waals surface area (Å²) < 4.78 is 7.35. The van der Waals surface area contributed by atoms with Gasteiger partial charge in [-0.15, -0.1) is 0 Å². The monoisotopic (exact) mass is 289 g/mol. The fourth-order valence-corrected chi connectivity index (χ4v) is 2.53. The molecule has 2 aromatic heterocycles. The molecule has 0 aliphatic carbocycles. The summed E-state index contributed by atoms with van der Waals surface area (Å²) >= 11 is 0. The second-order valence-electron chi connectivity index (χ2n) is 5.14. The highest BCUT2D eigenvalue weighted by Crippen LogP contribution is 2.30. The molecule has 0 aliphatic rings. The lowest BCUT2D eigenvalue weighted by molar-refractivity contribution is 0.397. The van der Waals surface area contributed by atoms with E-state index in [1.54, 1.807) is 13.3 Å². The summed E-state index contributed by atoms with van der Waals surface area (Å²) in [6.45, 7) is 6.98. The number of ether oxygens (including phenoxy) is 1. The molecule has 6 heteroatoms. The van der Waals surface area contributed by atoms with E-state index in [9.17, 15) is 0 Å². The molecule has 1 unspecified atom stereocenters. The van der Waals surface area contributed by atoms with E-state index >= 15 is 0 Å². The van der Waals surface area contributed by atoms with Gasteiger partial charge >= 0.3 is 0 Å². The molecule has 0 aliphatic heterocycles. The van der Waals surface area contributed by atoms with Gasteiger partial charge in [0.25, 0.3) is 0 Å². The Hall–Kier alpha value is -1.92. The van der Waals surface area contributed by atoms with Crippen LogP contribution in [0.25, 0.3) is 0 Å². The zero-order valence-corrected chi connectivity index (χ0v) is 13.1. The van der Waals surface area contributed by atoms with Crippen molar-refractivity contribution < 1.29 is 4.74 Å². The van der Waals surface area contributed by atoms with Gasteiger partial charge in [-0.05, 0) is 31.4 Å². The highest BCUT2D eigenvalue weighted by atomic mass is 16.5. The first-order chi connectivity index (χ1) is 10.1. The van der Waals surface area contributed by atoms with Gasteiger partial charge in [0.05, 0.1) is 19.0 Å². The Balaban J connectivity index is 2.52. The molecule has 2 heterocycles. The Morgan fingerprint density at radius 1 is 1.38 bits per heavy atom. The first kappa shape index (κ1) is 15.5. The molecule has 0 saturated heterocycles. The van der Waals surface area contributed by atoms with Crippen LogP contribution in [0.1, 0.15) is 41.9 Å². The van der Waals surface area contributed by atoms with Crippen molar-refractivity contribution in [2.24, 2.45) is 5.84 Å². The van der Waals surface area contributed by atoms with E-state index in [4.69, 9.17) is 10.6 Å². The van der Waals surface area contributed by atoms with Crippen LogP contribution in [-0.2, 0) is 6.54 Å². The maximum Gasteiger partial charge on any atom is 0.162 e. The molecule has 6 nitrogen and oxygen atoms in total. The molecule has 2 aromatic rings. The van der Waals surface area contributed by atoms with Crippen LogP contribution in [0.2, 0.25) is 0 Å². The van der Waals surface area contributed by atoms with E-state index in [0.29, 0.717) is 5.75 Å². The number of pyridine rings is 1. The highest BCUT2D eigenvalue weighted by Gasteiger charge is 2.25. The van der Waals surface area contributed by atoms with Crippen LogP contribution in [0.5, 0.6) is 5.75 Å². The topological polar surface area (TPSA) is 78.0 Å². The number of rotatable bonds is 6. The fourth-order valence-electron chi connectivity index (χ4n) is 2.53. The average molecular weight is 289 g/mol. The largest absolute Gasteiger partial charge is 0.493 e. The molecule has 0 amide bonds. The van der Waals surface area contributed by atoms with Crippen molar-refractivity contribution in [3.63, 3.8) is 0 Å². The summed E-state index contributed by atoms with van der Waals surface area (Å²) in [7, 11) is 1.64. The van der Waals surface area contributed by atoms with Crippen LogP contribution in [0.3, 0.4) is 0 Å². The fraction of sp³-hybridized carbons (Fsp3) is 0.467. The summed E-state index contributed by atoms with van der Waals surface area (Å²) in [5.74, 6) is 6.52. The Kier molecular flexibility index (Phi) is 4.93. The van der Waals surface area contributed by atoms with E-state index < -0.39 is 0 Å². The van der Waals surface area contributed by atoms with Gasteiger partial charge in [0.15, 0.2) is 5.75 Å². The van der Waals surface area contributed by atoms with Gasteiger partial charge in [-0.3, -0.25) is 15.5 Å².